The van der Waals surface area contributed by atoms with Gasteiger partial charge in [-0.05, 0) is 11.1 Å². The molecular formula is C14H14NS-. The second-order valence-corrected chi connectivity index (χ2v) is 4.29. The van der Waals surface area contributed by atoms with E-state index < -0.39 is 0 Å². The molecule has 0 aromatic heterocycles. The summed E-state index contributed by atoms with van der Waals surface area (Å²) in [5.41, 5.74) is 2.52. The van der Waals surface area contributed by atoms with Gasteiger partial charge in [-0.25, -0.2) is 0 Å². The highest BCUT2D eigenvalue weighted by Gasteiger charge is 1.94. The molecule has 82 valence electrons. The molecule has 0 N–H and O–H groups in total. The third-order valence-corrected chi connectivity index (χ3v) is 2.66. The van der Waals surface area contributed by atoms with E-state index in [1.165, 1.54) is 11.1 Å². The Morgan fingerprint density at radius 1 is 0.688 bits per heavy atom. The van der Waals surface area contributed by atoms with Crippen molar-refractivity contribution in [3.8, 4) is 0 Å². The van der Waals surface area contributed by atoms with Crippen molar-refractivity contribution in [1.29, 1.82) is 0 Å². The summed E-state index contributed by atoms with van der Waals surface area (Å²) in [7, 11) is 0. The van der Waals surface area contributed by atoms with Gasteiger partial charge in [-0.2, -0.15) is 0 Å². The third-order valence-electron chi connectivity index (χ3n) is 2.40. The van der Waals surface area contributed by atoms with E-state index in [2.05, 4.69) is 24.3 Å². The van der Waals surface area contributed by atoms with Crippen LogP contribution in [-0.2, 0) is 25.9 Å². The Hall–Kier alpha value is -1.25. The maximum Gasteiger partial charge on any atom is 0.00207 e. The van der Waals surface area contributed by atoms with Crippen LogP contribution >= 0.6 is 0 Å². The second-order valence-electron chi connectivity index (χ2n) is 3.77. The van der Waals surface area contributed by atoms with Gasteiger partial charge in [0.25, 0.3) is 0 Å². The van der Waals surface area contributed by atoms with E-state index in [0.717, 1.165) is 13.1 Å². The van der Waals surface area contributed by atoms with Gasteiger partial charge in [0.15, 0.2) is 0 Å². The first kappa shape index (κ1) is 11.2. The molecule has 2 heteroatoms. The van der Waals surface area contributed by atoms with Gasteiger partial charge in [0.05, 0.1) is 0 Å². The molecule has 0 aliphatic heterocycles. The Balaban J connectivity index is 1.92. The highest BCUT2D eigenvalue weighted by molar-refractivity contribution is 7.55. The Labute approximate surface area is 102 Å². The standard InChI is InChI=1S/C14H14NS/c16-15(11-13-7-3-1-4-8-13)12-14-9-5-2-6-10-14/h1-10H,11-12H2/q-1. The van der Waals surface area contributed by atoms with Gasteiger partial charge in [0, 0.05) is 13.1 Å². The topological polar surface area (TPSA) is 3.24 Å². The van der Waals surface area contributed by atoms with Gasteiger partial charge in [-0.1, -0.05) is 60.7 Å². The molecule has 16 heavy (non-hydrogen) atoms. The average Bonchev–Trinajstić information content (AvgIpc) is 2.31. The summed E-state index contributed by atoms with van der Waals surface area (Å²) in [6, 6.07) is 20.6. The number of nitrogens with zero attached hydrogens (tertiary/aromatic N) is 1. The molecule has 0 unspecified atom stereocenters. The van der Waals surface area contributed by atoms with E-state index in [4.69, 9.17) is 12.8 Å². The molecule has 2 aromatic rings. The van der Waals surface area contributed by atoms with Crippen molar-refractivity contribution in [1.82, 2.24) is 4.31 Å². The summed E-state index contributed by atoms with van der Waals surface area (Å²) < 4.78 is 1.91. The van der Waals surface area contributed by atoms with Crippen LogP contribution in [0, 0.1) is 0 Å². The summed E-state index contributed by atoms with van der Waals surface area (Å²) in [4.78, 5) is 0. The predicted molar refractivity (Wildman–Crippen MR) is 69.5 cm³/mol. The summed E-state index contributed by atoms with van der Waals surface area (Å²) >= 11 is 5.33. The highest BCUT2D eigenvalue weighted by atomic mass is 32.1. The van der Waals surface area contributed by atoms with Gasteiger partial charge < -0.3 is 17.1 Å². The minimum absolute atomic E-state index is 0.811. The smallest absolute Gasteiger partial charge is 0.00207 e. The zero-order valence-corrected chi connectivity index (χ0v) is 9.86. The summed E-state index contributed by atoms with van der Waals surface area (Å²) in [5, 5.41) is 0. The van der Waals surface area contributed by atoms with Crippen LogP contribution in [0.3, 0.4) is 0 Å². The SMILES string of the molecule is [S-]N(Cc1ccccc1)Cc1ccccc1. The van der Waals surface area contributed by atoms with Crippen LogP contribution in [0.4, 0.5) is 0 Å². The van der Waals surface area contributed by atoms with E-state index in [-0.39, 0.29) is 0 Å². The fourth-order valence-corrected chi connectivity index (χ4v) is 1.93. The molecular weight excluding hydrogens is 214 g/mol. The van der Waals surface area contributed by atoms with Crippen LogP contribution in [0.15, 0.2) is 60.7 Å². The molecule has 0 aliphatic rings. The maximum atomic E-state index is 5.33. The van der Waals surface area contributed by atoms with Gasteiger partial charge in [-0.3, -0.25) is 0 Å². The molecule has 0 atom stereocenters. The summed E-state index contributed by atoms with van der Waals surface area (Å²) in [5.74, 6) is 0. The summed E-state index contributed by atoms with van der Waals surface area (Å²) in [6.45, 7) is 1.62. The number of hydrogen-bond acceptors (Lipinski definition) is 2. The van der Waals surface area contributed by atoms with Gasteiger partial charge in [0.2, 0.25) is 0 Å². The lowest BCUT2D eigenvalue weighted by Gasteiger charge is -2.29. The average molecular weight is 228 g/mol. The highest BCUT2D eigenvalue weighted by Crippen LogP contribution is 2.07. The van der Waals surface area contributed by atoms with Crippen molar-refractivity contribution >= 4 is 12.8 Å². The molecule has 2 aromatic carbocycles. The van der Waals surface area contributed by atoms with Crippen LogP contribution < -0.4 is 0 Å². The van der Waals surface area contributed by atoms with E-state index in [1.807, 2.05) is 40.7 Å². The first-order valence-electron chi connectivity index (χ1n) is 5.34. The Kier molecular flexibility index (Phi) is 4.03. The fraction of sp³-hybridized carbons (Fsp3) is 0.143. The molecule has 0 bridgehead atoms. The van der Waals surface area contributed by atoms with Crippen molar-refractivity contribution in [2.24, 2.45) is 0 Å². The molecule has 0 spiro atoms. The van der Waals surface area contributed by atoms with Gasteiger partial charge >= 0.3 is 0 Å². The van der Waals surface area contributed by atoms with Crippen LogP contribution in [0.1, 0.15) is 11.1 Å². The number of benzene rings is 2. The molecule has 0 aliphatic carbocycles. The Bertz CT molecular complexity index is 372. The molecule has 0 saturated carbocycles. The van der Waals surface area contributed by atoms with Crippen molar-refractivity contribution in [2.45, 2.75) is 13.1 Å². The lowest BCUT2D eigenvalue weighted by Crippen LogP contribution is -2.15. The van der Waals surface area contributed by atoms with E-state index in [0.29, 0.717) is 0 Å². The Morgan fingerprint density at radius 3 is 1.44 bits per heavy atom. The van der Waals surface area contributed by atoms with Crippen LogP contribution in [-0.4, -0.2) is 4.31 Å². The summed E-state index contributed by atoms with van der Waals surface area (Å²) in [6.07, 6.45) is 0. The molecule has 0 amide bonds. The van der Waals surface area contributed by atoms with Crippen LogP contribution in [0.25, 0.3) is 0 Å². The van der Waals surface area contributed by atoms with Crippen molar-refractivity contribution in [3.63, 3.8) is 0 Å². The van der Waals surface area contributed by atoms with Crippen LogP contribution in [0.2, 0.25) is 0 Å². The molecule has 0 saturated heterocycles. The number of rotatable bonds is 4. The zero-order valence-electron chi connectivity index (χ0n) is 9.04. The molecule has 0 fully saturated rings. The van der Waals surface area contributed by atoms with E-state index in [9.17, 15) is 0 Å². The van der Waals surface area contributed by atoms with Gasteiger partial charge in [0.1, 0.15) is 0 Å². The number of hydrogen-bond donors (Lipinski definition) is 0. The predicted octanol–water partition coefficient (Wildman–Crippen LogP) is 3.15. The van der Waals surface area contributed by atoms with E-state index >= 15 is 0 Å². The first-order chi connectivity index (χ1) is 7.84. The first-order valence-corrected chi connectivity index (χ1v) is 5.71. The van der Waals surface area contributed by atoms with Gasteiger partial charge in [-0.15, -0.1) is 0 Å². The molecule has 0 heterocycles. The maximum absolute atomic E-state index is 5.33. The van der Waals surface area contributed by atoms with Crippen molar-refractivity contribution in [3.05, 3.63) is 71.8 Å². The van der Waals surface area contributed by atoms with Crippen molar-refractivity contribution < 1.29 is 0 Å². The zero-order chi connectivity index (χ0) is 11.2. The second kappa shape index (κ2) is 5.73. The molecule has 0 radical (unpaired) electrons. The normalized spacial score (nSPS) is 10.6. The molecule has 2 rings (SSSR count). The monoisotopic (exact) mass is 228 g/mol. The lowest BCUT2D eigenvalue weighted by atomic mass is 10.2. The van der Waals surface area contributed by atoms with Crippen LogP contribution in [0.5, 0.6) is 0 Å². The van der Waals surface area contributed by atoms with E-state index in [1.54, 1.807) is 0 Å². The minimum atomic E-state index is 0.811. The Morgan fingerprint density at radius 2 is 1.06 bits per heavy atom. The molecule has 1 nitrogen and oxygen atoms in total. The van der Waals surface area contributed by atoms with Crippen molar-refractivity contribution in [2.75, 3.05) is 0 Å². The minimum Gasteiger partial charge on any atom is -0.701 e. The fourth-order valence-electron chi connectivity index (χ4n) is 1.63. The third kappa shape index (κ3) is 3.40. The largest absolute Gasteiger partial charge is 0.701 e. The lowest BCUT2D eigenvalue weighted by molar-refractivity contribution is 0.466. The quantitative estimate of drug-likeness (QED) is 0.740.